The van der Waals surface area contributed by atoms with E-state index in [2.05, 4.69) is 47.0 Å². The first kappa shape index (κ1) is 22.6. The quantitative estimate of drug-likeness (QED) is 0.242. The normalized spacial score (nSPS) is 11.4. The average molecular weight is 454 g/mol. The molecule has 0 aliphatic carbocycles. The lowest BCUT2D eigenvalue weighted by Crippen LogP contribution is -2.37. The second-order valence-electron chi connectivity index (χ2n) is 5.28. The molecule has 23 heavy (non-hydrogen) atoms. The number of guanidine groups is 1. The van der Waals surface area contributed by atoms with Crippen molar-refractivity contribution in [3.63, 3.8) is 0 Å². The van der Waals surface area contributed by atoms with E-state index < -0.39 is 0 Å². The fourth-order valence-electron chi connectivity index (χ4n) is 2.28. The highest BCUT2D eigenvalue weighted by molar-refractivity contribution is 14.0. The Hall–Kier alpha value is -0.440. The van der Waals surface area contributed by atoms with Crippen LogP contribution in [0.3, 0.4) is 0 Å². The van der Waals surface area contributed by atoms with Crippen LogP contribution in [-0.2, 0) is 6.54 Å². The van der Waals surface area contributed by atoms with Gasteiger partial charge >= 0.3 is 0 Å². The second-order valence-corrected chi connectivity index (χ2v) is 6.27. The van der Waals surface area contributed by atoms with Crippen LogP contribution in [0.15, 0.2) is 15.6 Å². The van der Waals surface area contributed by atoms with Crippen LogP contribution < -0.4 is 10.6 Å². The van der Waals surface area contributed by atoms with Gasteiger partial charge in [0.25, 0.3) is 0 Å². The molecule has 7 heteroatoms. The Morgan fingerprint density at radius 1 is 1.30 bits per heavy atom. The Bertz CT molecular complexity index is 435. The molecule has 2 N–H and O–H groups in total. The van der Waals surface area contributed by atoms with E-state index in [0.717, 1.165) is 43.2 Å². The molecule has 1 heterocycles. The van der Waals surface area contributed by atoms with E-state index in [1.165, 1.54) is 12.2 Å². The van der Waals surface area contributed by atoms with E-state index in [-0.39, 0.29) is 24.0 Å². The van der Waals surface area contributed by atoms with E-state index in [4.69, 9.17) is 4.52 Å². The monoisotopic (exact) mass is 454 g/mol. The minimum atomic E-state index is 0. The van der Waals surface area contributed by atoms with Crippen molar-refractivity contribution >= 4 is 41.7 Å². The number of aromatic nitrogens is 1. The molecule has 0 amide bonds. The molecular formula is C16H31IN4OS. The summed E-state index contributed by atoms with van der Waals surface area (Å²) in [7, 11) is 1.78. The van der Waals surface area contributed by atoms with Gasteiger partial charge in [-0.2, -0.15) is 11.8 Å². The van der Waals surface area contributed by atoms with Crippen molar-refractivity contribution < 1.29 is 4.52 Å². The van der Waals surface area contributed by atoms with Crippen LogP contribution in [0, 0.1) is 0 Å². The molecule has 0 aliphatic rings. The molecule has 0 aliphatic heterocycles. The number of hydrogen-bond donors (Lipinski definition) is 2. The van der Waals surface area contributed by atoms with Crippen LogP contribution in [-0.4, -0.2) is 36.7 Å². The smallest absolute Gasteiger partial charge is 0.191 e. The third kappa shape index (κ3) is 8.83. The third-order valence-electron chi connectivity index (χ3n) is 3.70. The van der Waals surface area contributed by atoms with Gasteiger partial charge < -0.3 is 15.2 Å². The zero-order valence-corrected chi connectivity index (χ0v) is 17.9. The van der Waals surface area contributed by atoms with Crippen molar-refractivity contribution in [2.45, 2.75) is 52.0 Å². The Morgan fingerprint density at radius 2 is 2.04 bits per heavy atom. The first-order valence-corrected chi connectivity index (χ1v) is 9.53. The molecule has 1 aromatic heterocycles. The number of aliphatic imine (C=N–C) groups is 1. The third-order valence-corrected chi connectivity index (χ3v) is 4.40. The highest BCUT2D eigenvalue weighted by Gasteiger charge is 2.12. The van der Waals surface area contributed by atoms with Crippen LogP contribution >= 0.6 is 35.7 Å². The van der Waals surface area contributed by atoms with Gasteiger partial charge in [-0.1, -0.05) is 19.0 Å². The standard InChI is InChI=1S/C16H30N4OS.HI/c1-5-13(6-2)15-11-14(21-20-15)12-19-16(17-3)18-9-7-8-10-22-4;/h11,13H,5-10,12H2,1-4H3,(H2,17,18,19);1H. The highest BCUT2D eigenvalue weighted by atomic mass is 127. The highest BCUT2D eigenvalue weighted by Crippen LogP contribution is 2.22. The summed E-state index contributed by atoms with van der Waals surface area (Å²) in [5.41, 5.74) is 1.06. The van der Waals surface area contributed by atoms with Crippen molar-refractivity contribution in [3.05, 3.63) is 17.5 Å². The van der Waals surface area contributed by atoms with E-state index in [1.807, 2.05) is 11.8 Å². The minimum Gasteiger partial charge on any atom is -0.359 e. The fourth-order valence-corrected chi connectivity index (χ4v) is 2.77. The molecule has 0 radical (unpaired) electrons. The summed E-state index contributed by atoms with van der Waals surface area (Å²) in [6.45, 7) is 5.92. The predicted octanol–water partition coefficient (Wildman–Crippen LogP) is 4.00. The van der Waals surface area contributed by atoms with Gasteiger partial charge in [0.2, 0.25) is 0 Å². The van der Waals surface area contributed by atoms with Crippen LogP contribution in [0.1, 0.15) is 56.9 Å². The summed E-state index contributed by atoms with van der Waals surface area (Å²) in [5, 5.41) is 10.8. The van der Waals surface area contributed by atoms with Crippen molar-refractivity contribution in [1.29, 1.82) is 0 Å². The summed E-state index contributed by atoms with van der Waals surface area (Å²) in [4.78, 5) is 4.22. The molecule has 0 spiro atoms. The first-order valence-electron chi connectivity index (χ1n) is 8.14. The topological polar surface area (TPSA) is 62.5 Å². The first-order chi connectivity index (χ1) is 10.7. The molecule has 0 bridgehead atoms. The number of nitrogens with zero attached hydrogens (tertiary/aromatic N) is 2. The maximum absolute atomic E-state index is 5.40. The van der Waals surface area contributed by atoms with Gasteiger partial charge in [-0.25, -0.2) is 0 Å². The molecule has 5 nitrogen and oxygen atoms in total. The van der Waals surface area contributed by atoms with Gasteiger partial charge in [0.1, 0.15) is 0 Å². The zero-order chi connectivity index (χ0) is 16.2. The molecule has 0 saturated heterocycles. The number of nitrogens with one attached hydrogen (secondary N) is 2. The lowest BCUT2D eigenvalue weighted by molar-refractivity contribution is 0.368. The SMILES string of the molecule is CCC(CC)c1cc(CNC(=NC)NCCCCSC)on1.I. The number of halogens is 1. The van der Waals surface area contributed by atoms with Gasteiger partial charge in [0, 0.05) is 25.6 Å². The van der Waals surface area contributed by atoms with E-state index in [9.17, 15) is 0 Å². The number of unbranched alkanes of at least 4 members (excludes halogenated alkanes) is 1. The number of rotatable bonds is 10. The Balaban J connectivity index is 0.00000484. The molecule has 1 rings (SSSR count). The molecule has 0 atom stereocenters. The van der Waals surface area contributed by atoms with Crippen molar-refractivity contribution in [2.24, 2.45) is 4.99 Å². The molecular weight excluding hydrogens is 423 g/mol. The van der Waals surface area contributed by atoms with E-state index in [0.29, 0.717) is 12.5 Å². The van der Waals surface area contributed by atoms with E-state index >= 15 is 0 Å². The maximum atomic E-state index is 5.40. The van der Waals surface area contributed by atoms with Crippen molar-refractivity contribution in [2.75, 3.05) is 25.6 Å². The van der Waals surface area contributed by atoms with Gasteiger partial charge in [0.15, 0.2) is 11.7 Å². The Morgan fingerprint density at radius 3 is 2.65 bits per heavy atom. The minimum absolute atomic E-state index is 0. The summed E-state index contributed by atoms with van der Waals surface area (Å²) < 4.78 is 5.40. The molecule has 0 unspecified atom stereocenters. The van der Waals surface area contributed by atoms with Crippen LogP contribution in [0.2, 0.25) is 0 Å². The predicted molar refractivity (Wildman–Crippen MR) is 111 cm³/mol. The Kier molecular flexibility index (Phi) is 13.7. The summed E-state index contributed by atoms with van der Waals surface area (Å²) in [6, 6.07) is 2.05. The fraction of sp³-hybridized carbons (Fsp3) is 0.750. The largest absolute Gasteiger partial charge is 0.359 e. The second kappa shape index (κ2) is 13.9. The van der Waals surface area contributed by atoms with Crippen LogP contribution in [0.4, 0.5) is 0 Å². The molecule has 0 fully saturated rings. The number of hydrogen-bond acceptors (Lipinski definition) is 4. The molecule has 0 saturated carbocycles. The van der Waals surface area contributed by atoms with E-state index in [1.54, 1.807) is 7.05 Å². The zero-order valence-electron chi connectivity index (χ0n) is 14.7. The number of thioether (sulfide) groups is 1. The van der Waals surface area contributed by atoms with Crippen molar-refractivity contribution in [3.8, 4) is 0 Å². The lowest BCUT2D eigenvalue weighted by Gasteiger charge is -2.10. The van der Waals surface area contributed by atoms with Crippen molar-refractivity contribution in [1.82, 2.24) is 15.8 Å². The van der Waals surface area contributed by atoms with Gasteiger partial charge in [0.05, 0.1) is 12.2 Å². The molecule has 1 aromatic rings. The molecule has 134 valence electrons. The van der Waals surface area contributed by atoms with Crippen LogP contribution in [0.25, 0.3) is 0 Å². The Labute approximate surface area is 161 Å². The average Bonchev–Trinajstić information content (AvgIpc) is 3.00. The summed E-state index contributed by atoms with van der Waals surface area (Å²) in [6.07, 6.45) is 6.71. The van der Waals surface area contributed by atoms with Gasteiger partial charge in [-0.15, -0.1) is 24.0 Å². The lowest BCUT2D eigenvalue weighted by atomic mass is 9.99. The summed E-state index contributed by atoms with van der Waals surface area (Å²) >= 11 is 1.89. The maximum Gasteiger partial charge on any atom is 0.191 e. The summed E-state index contributed by atoms with van der Waals surface area (Å²) in [5.74, 6) is 3.37. The van der Waals surface area contributed by atoms with Gasteiger partial charge in [-0.05, 0) is 37.7 Å². The van der Waals surface area contributed by atoms with Crippen LogP contribution in [0.5, 0.6) is 0 Å². The van der Waals surface area contributed by atoms with Gasteiger partial charge in [-0.3, -0.25) is 4.99 Å². The molecule has 0 aromatic carbocycles.